The van der Waals surface area contributed by atoms with Gasteiger partial charge in [-0.2, -0.15) is 0 Å². The van der Waals surface area contributed by atoms with E-state index in [0.717, 1.165) is 19.3 Å². The minimum atomic E-state index is 0.0339. The average molecular weight is 667 g/mol. The van der Waals surface area contributed by atoms with Crippen LogP contribution in [-0.2, 0) is 0 Å². The second-order valence-corrected chi connectivity index (χ2v) is 15.3. The van der Waals surface area contributed by atoms with Crippen LogP contribution in [0.15, 0.2) is 0 Å². The molecule has 0 spiro atoms. The molecule has 4 heteroatoms. The Morgan fingerprint density at radius 3 is 0.809 bits per heavy atom. The number of hydrogen-bond acceptors (Lipinski definition) is 4. The van der Waals surface area contributed by atoms with E-state index in [9.17, 15) is 10.2 Å². The number of nitrogens with two attached hydrogens (primary N) is 1. The van der Waals surface area contributed by atoms with Gasteiger partial charge in [0.05, 0.1) is 13.2 Å². The Bertz CT molecular complexity index is 530. The zero-order valence-electron chi connectivity index (χ0n) is 32.7. The summed E-state index contributed by atoms with van der Waals surface area (Å²) in [4.78, 5) is 2.40. The van der Waals surface area contributed by atoms with Gasteiger partial charge in [-0.3, -0.25) is 4.90 Å². The van der Waals surface area contributed by atoms with E-state index in [4.69, 9.17) is 5.73 Å². The molecule has 0 heterocycles. The largest absolute Gasteiger partial charge is 0.395 e. The fourth-order valence-electron chi connectivity index (χ4n) is 7.95. The van der Waals surface area contributed by atoms with Crippen molar-refractivity contribution in [3.05, 3.63) is 0 Å². The SMILES string of the molecule is CCCCCCCCCCCCCCCCCCC(CCN)(CCCCCCCCCCCCCCCCCC)N(CCO)CCO. The van der Waals surface area contributed by atoms with Gasteiger partial charge < -0.3 is 15.9 Å². The monoisotopic (exact) mass is 667 g/mol. The van der Waals surface area contributed by atoms with Gasteiger partial charge in [-0.1, -0.05) is 219 Å². The Morgan fingerprint density at radius 1 is 0.362 bits per heavy atom. The van der Waals surface area contributed by atoms with Crippen LogP contribution < -0.4 is 5.73 Å². The van der Waals surface area contributed by atoms with Crippen molar-refractivity contribution in [2.45, 2.75) is 244 Å². The summed E-state index contributed by atoms with van der Waals surface area (Å²) in [6.45, 7) is 6.90. The minimum absolute atomic E-state index is 0.0339. The molecule has 0 fully saturated rings. The van der Waals surface area contributed by atoms with Crippen LogP contribution in [0.2, 0.25) is 0 Å². The molecule has 0 saturated carbocycles. The molecule has 0 radical (unpaired) electrons. The second kappa shape index (κ2) is 38.6. The minimum Gasteiger partial charge on any atom is -0.395 e. The summed E-state index contributed by atoms with van der Waals surface area (Å²) < 4.78 is 0. The fraction of sp³-hybridized carbons (Fsp3) is 1.00. The summed E-state index contributed by atoms with van der Waals surface area (Å²) in [5, 5.41) is 19.7. The number of nitrogens with zero attached hydrogens (tertiary/aromatic N) is 1. The lowest BCUT2D eigenvalue weighted by Crippen LogP contribution is -2.52. The topological polar surface area (TPSA) is 69.7 Å². The summed E-state index contributed by atoms with van der Waals surface area (Å²) in [5.41, 5.74) is 6.25. The van der Waals surface area contributed by atoms with Gasteiger partial charge in [-0.15, -0.1) is 0 Å². The van der Waals surface area contributed by atoms with Crippen molar-refractivity contribution in [2.75, 3.05) is 32.8 Å². The van der Waals surface area contributed by atoms with E-state index in [0.29, 0.717) is 19.6 Å². The first-order valence-corrected chi connectivity index (χ1v) is 21.9. The molecule has 0 unspecified atom stereocenters. The highest BCUT2D eigenvalue weighted by Gasteiger charge is 2.34. The number of unbranched alkanes of at least 4 members (excludes halogenated alkanes) is 30. The molecule has 0 aromatic carbocycles. The maximum atomic E-state index is 9.87. The number of aliphatic hydroxyl groups is 2. The molecule has 0 amide bonds. The molecule has 0 aromatic rings. The smallest absolute Gasteiger partial charge is 0.0558 e. The van der Waals surface area contributed by atoms with Crippen molar-refractivity contribution in [3.8, 4) is 0 Å². The van der Waals surface area contributed by atoms with Crippen molar-refractivity contribution in [3.63, 3.8) is 0 Å². The standard InChI is InChI=1S/C43H90N2O2/c1-3-5-7-9-11-13-15-17-19-21-23-25-27-29-31-33-35-43(37-38-44,45(39-41-46)40-42-47)36-34-32-30-28-26-24-22-20-18-16-14-12-10-8-6-4-2/h46-47H,3-42,44H2,1-2H3. The van der Waals surface area contributed by atoms with E-state index in [1.165, 1.54) is 205 Å². The molecule has 284 valence electrons. The van der Waals surface area contributed by atoms with E-state index in [-0.39, 0.29) is 18.8 Å². The molecule has 0 aliphatic rings. The van der Waals surface area contributed by atoms with Gasteiger partial charge in [-0.05, 0) is 25.8 Å². The summed E-state index contributed by atoms with van der Waals surface area (Å²) in [5.74, 6) is 0. The Morgan fingerprint density at radius 2 is 0.596 bits per heavy atom. The van der Waals surface area contributed by atoms with Crippen LogP contribution in [0.5, 0.6) is 0 Å². The average Bonchev–Trinajstić information content (AvgIpc) is 3.07. The fourth-order valence-corrected chi connectivity index (χ4v) is 7.95. The van der Waals surface area contributed by atoms with Gasteiger partial charge in [0, 0.05) is 18.6 Å². The third kappa shape index (κ3) is 30.4. The first-order valence-electron chi connectivity index (χ1n) is 21.9. The highest BCUT2D eigenvalue weighted by molar-refractivity contribution is 4.91. The van der Waals surface area contributed by atoms with E-state index in [2.05, 4.69) is 18.7 Å². The van der Waals surface area contributed by atoms with Gasteiger partial charge in [0.2, 0.25) is 0 Å². The third-order valence-corrected chi connectivity index (χ3v) is 11.0. The lowest BCUT2D eigenvalue weighted by atomic mass is 9.81. The zero-order chi connectivity index (χ0) is 34.4. The van der Waals surface area contributed by atoms with Crippen molar-refractivity contribution < 1.29 is 10.2 Å². The Hall–Kier alpha value is -0.160. The van der Waals surface area contributed by atoms with Gasteiger partial charge in [-0.25, -0.2) is 0 Å². The number of hydrogen-bond donors (Lipinski definition) is 3. The number of aliphatic hydroxyl groups excluding tert-OH is 2. The van der Waals surface area contributed by atoms with E-state index < -0.39 is 0 Å². The van der Waals surface area contributed by atoms with Gasteiger partial charge in [0.1, 0.15) is 0 Å². The van der Waals surface area contributed by atoms with Gasteiger partial charge >= 0.3 is 0 Å². The molecular weight excluding hydrogens is 576 g/mol. The molecule has 47 heavy (non-hydrogen) atoms. The van der Waals surface area contributed by atoms with Crippen LogP contribution in [0.1, 0.15) is 239 Å². The Labute approximate surface area is 297 Å². The van der Waals surface area contributed by atoms with Crippen molar-refractivity contribution >= 4 is 0 Å². The van der Waals surface area contributed by atoms with Crippen molar-refractivity contribution in [1.29, 1.82) is 0 Å². The lowest BCUT2D eigenvalue weighted by molar-refractivity contribution is 0.0279. The first kappa shape index (κ1) is 46.8. The predicted octanol–water partition coefficient (Wildman–Crippen LogP) is 12.7. The maximum absolute atomic E-state index is 9.87. The molecule has 0 aliphatic heterocycles. The third-order valence-electron chi connectivity index (χ3n) is 11.0. The molecule has 0 aliphatic carbocycles. The van der Waals surface area contributed by atoms with Crippen molar-refractivity contribution in [2.24, 2.45) is 5.73 Å². The summed E-state index contributed by atoms with van der Waals surface area (Å²) in [7, 11) is 0. The molecule has 0 bridgehead atoms. The summed E-state index contributed by atoms with van der Waals surface area (Å²) in [6.07, 6.45) is 48.0. The van der Waals surface area contributed by atoms with Crippen LogP contribution >= 0.6 is 0 Å². The molecular formula is C43H90N2O2. The van der Waals surface area contributed by atoms with Crippen LogP contribution in [0.3, 0.4) is 0 Å². The maximum Gasteiger partial charge on any atom is 0.0558 e. The van der Waals surface area contributed by atoms with Gasteiger partial charge in [0.25, 0.3) is 0 Å². The van der Waals surface area contributed by atoms with Crippen LogP contribution in [-0.4, -0.2) is 53.5 Å². The highest BCUT2D eigenvalue weighted by Crippen LogP contribution is 2.33. The Balaban J connectivity index is 4.17. The van der Waals surface area contributed by atoms with E-state index in [1.54, 1.807) is 0 Å². The van der Waals surface area contributed by atoms with E-state index >= 15 is 0 Å². The van der Waals surface area contributed by atoms with Crippen LogP contribution in [0.25, 0.3) is 0 Å². The molecule has 0 saturated heterocycles. The molecule has 4 N–H and O–H groups in total. The zero-order valence-corrected chi connectivity index (χ0v) is 32.7. The molecule has 0 atom stereocenters. The summed E-state index contributed by atoms with van der Waals surface area (Å²) in [6, 6.07) is 0. The normalized spacial score (nSPS) is 12.1. The number of β-amino-alcohol motifs (C(OH)–C–C–N with tert-alkyl or cyclic N) is 2. The quantitative estimate of drug-likeness (QED) is 0.0568. The predicted molar refractivity (Wildman–Crippen MR) is 210 cm³/mol. The molecule has 4 nitrogen and oxygen atoms in total. The molecule has 0 rings (SSSR count). The van der Waals surface area contributed by atoms with E-state index in [1.807, 2.05) is 0 Å². The summed E-state index contributed by atoms with van der Waals surface area (Å²) >= 11 is 0. The van der Waals surface area contributed by atoms with Crippen LogP contribution in [0, 0.1) is 0 Å². The number of rotatable bonds is 41. The highest BCUT2D eigenvalue weighted by atomic mass is 16.3. The lowest BCUT2D eigenvalue weighted by Gasteiger charge is -2.44. The van der Waals surface area contributed by atoms with Gasteiger partial charge in [0.15, 0.2) is 0 Å². The first-order chi connectivity index (χ1) is 23.2. The van der Waals surface area contributed by atoms with Crippen molar-refractivity contribution in [1.82, 2.24) is 4.90 Å². The molecule has 0 aromatic heterocycles. The Kier molecular flexibility index (Phi) is 38.5. The second-order valence-electron chi connectivity index (χ2n) is 15.3. The van der Waals surface area contributed by atoms with Crippen LogP contribution in [0.4, 0.5) is 0 Å².